The van der Waals surface area contributed by atoms with Gasteiger partial charge in [0, 0.05) is 13.5 Å². The van der Waals surface area contributed by atoms with Gasteiger partial charge in [-0.1, -0.05) is 17.3 Å². The molecule has 0 aliphatic carbocycles. The van der Waals surface area contributed by atoms with Gasteiger partial charge in [-0.15, -0.1) is 0 Å². The molecule has 1 aromatic heterocycles. The van der Waals surface area contributed by atoms with Crippen LogP contribution < -0.4 is 11.0 Å². The second-order valence-corrected chi connectivity index (χ2v) is 5.88. The third kappa shape index (κ3) is 4.56. The summed E-state index contributed by atoms with van der Waals surface area (Å²) in [5.74, 6) is -0.205. The van der Waals surface area contributed by atoms with E-state index in [1.165, 1.54) is 11.5 Å². The minimum Gasteiger partial charge on any atom is -0.493 e. The van der Waals surface area contributed by atoms with Gasteiger partial charge in [0.1, 0.15) is 6.04 Å². The number of carbonyl (C=O) groups excluding carboxylic acids is 1. The topological polar surface area (TPSA) is 117 Å². The van der Waals surface area contributed by atoms with Crippen molar-refractivity contribution < 1.29 is 9.90 Å². The van der Waals surface area contributed by atoms with Crippen LogP contribution in [-0.2, 0) is 11.2 Å². The van der Waals surface area contributed by atoms with Crippen molar-refractivity contribution in [3.8, 4) is 11.6 Å². The number of benzene rings is 1. The molecule has 0 radical (unpaired) electrons. The molecule has 2 aromatic rings. The van der Waals surface area contributed by atoms with Crippen LogP contribution in [0.15, 0.2) is 34.2 Å². The zero-order valence-corrected chi connectivity index (χ0v) is 14.3. The molecule has 2 rings (SSSR count). The Morgan fingerprint density at radius 1 is 1.32 bits per heavy atom. The lowest BCUT2D eigenvalue weighted by atomic mass is 10.1. The zero-order valence-electron chi connectivity index (χ0n) is 14.3. The fraction of sp³-hybridized carbons (Fsp3) is 0.412. The van der Waals surface area contributed by atoms with Gasteiger partial charge >= 0.3 is 5.69 Å². The van der Waals surface area contributed by atoms with Crippen LogP contribution in [-0.4, -0.2) is 27.1 Å². The van der Waals surface area contributed by atoms with E-state index in [-0.39, 0.29) is 11.8 Å². The molecule has 1 heterocycles. The molecular weight excluding hydrogens is 324 g/mol. The minimum atomic E-state index is -0.468. The van der Waals surface area contributed by atoms with Gasteiger partial charge < -0.3 is 15.4 Å². The van der Waals surface area contributed by atoms with Crippen LogP contribution >= 0.6 is 0 Å². The molecule has 0 spiro atoms. The number of unbranched alkanes of at least 4 members (excludes halogenated alkanes) is 1. The van der Waals surface area contributed by atoms with E-state index in [4.69, 9.17) is 0 Å². The maximum Gasteiger partial charge on any atom is 0.333 e. The molecule has 8 heteroatoms. The van der Waals surface area contributed by atoms with E-state index >= 15 is 0 Å². The minimum absolute atomic E-state index is 0.0787. The highest BCUT2D eigenvalue weighted by Gasteiger charge is 2.15. The average Bonchev–Trinajstić information content (AvgIpc) is 2.87. The number of aryl methyl sites for hydroxylation is 1. The van der Waals surface area contributed by atoms with E-state index in [0.29, 0.717) is 24.3 Å². The van der Waals surface area contributed by atoms with E-state index in [9.17, 15) is 19.6 Å². The number of nitroso groups, excluding NO2 is 1. The highest BCUT2D eigenvalue weighted by molar-refractivity contribution is 5.72. The molecule has 0 fully saturated rings. The molecule has 0 saturated heterocycles. The molecule has 134 valence electrons. The average molecular weight is 346 g/mol. The number of aromatic nitrogens is 2. The van der Waals surface area contributed by atoms with Crippen LogP contribution in [0.5, 0.6) is 5.88 Å². The highest BCUT2D eigenvalue weighted by atomic mass is 16.3. The van der Waals surface area contributed by atoms with Crippen molar-refractivity contribution in [2.75, 3.05) is 6.54 Å². The standard InChI is InChI=1S/C17H22N4O4/c1-11(20-25)13-6-8-14(9-7-13)21-16(23)15(19-17(21)24)5-3-4-10-18-12(2)22/h6-9,11,23H,3-5,10H2,1-2H3,(H,18,22)(H,19,24). The number of carbonyl (C=O) groups is 1. The van der Waals surface area contributed by atoms with Crippen molar-refractivity contribution >= 4 is 5.91 Å². The third-order valence-electron chi connectivity index (χ3n) is 3.96. The highest BCUT2D eigenvalue weighted by Crippen LogP contribution is 2.22. The van der Waals surface area contributed by atoms with Gasteiger partial charge in [-0.3, -0.25) is 4.79 Å². The van der Waals surface area contributed by atoms with E-state index in [0.717, 1.165) is 18.4 Å². The largest absolute Gasteiger partial charge is 0.493 e. The summed E-state index contributed by atoms with van der Waals surface area (Å²) >= 11 is 0. The van der Waals surface area contributed by atoms with Crippen LogP contribution in [0.25, 0.3) is 5.69 Å². The third-order valence-corrected chi connectivity index (χ3v) is 3.96. The fourth-order valence-corrected chi connectivity index (χ4v) is 2.54. The summed E-state index contributed by atoms with van der Waals surface area (Å²) in [4.78, 5) is 36.2. The van der Waals surface area contributed by atoms with Crippen LogP contribution in [0.2, 0.25) is 0 Å². The molecule has 1 aromatic carbocycles. The Bertz CT molecular complexity index is 792. The Labute approximate surface area is 144 Å². The van der Waals surface area contributed by atoms with Crippen molar-refractivity contribution in [1.82, 2.24) is 14.9 Å². The molecular formula is C17H22N4O4. The molecule has 8 nitrogen and oxygen atoms in total. The second kappa shape index (κ2) is 8.27. The number of aromatic hydroxyl groups is 1. The summed E-state index contributed by atoms with van der Waals surface area (Å²) < 4.78 is 1.19. The van der Waals surface area contributed by atoms with Gasteiger partial charge in [0.05, 0.1) is 11.4 Å². The van der Waals surface area contributed by atoms with Crippen molar-refractivity contribution in [2.45, 2.75) is 39.2 Å². The number of nitrogens with zero attached hydrogens (tertiary/aromatic N) is 2. The lowest BCUT2D eigenvalue weighted by Gasteiger charge is -2.07. The Morgan fingerprint density at radius 3 is 2.60 bits per heavy atom. The van der Waals surface area contributed by atoms with Gasteiger partial charge in [-0.25, -0.2) is 9.36 Å². The molecule has 0 bridgehead atoms. The molecule has 1 unspecified atom stereocenters. The van der Waals surface area contributed by atoms with Crippen LogP contribution in [0.1, 0.15) is 44.0 Å². The quantitative estimate of drug-likeness (QED) is 0.501. The maximum atomic E-state index is 12.1. The summed E-state index contributed by atoms with van der Waals surface area (Å²) in [6.07, 6.45) is 1.96. The number of hydrogen-bond donors (Lipinski definition) is 3. The first-order chi connectivity index (χ1) is 11.9. The van der Waals surface area contributed by atoms with Crippen LogP contribution in [0.3, 0.4) is 0 Å². The van der Waals surface area contributed by atoms with Gasteiger partial charge in [-0.2, -0.15) is 4.91 Å². The lowest BCUT2D eigenvalue weighted by molar-refractivity contribution is -0.118. The summed E-state index contributed by atoms with van der Waals surface area (Å²) in [5, 5.41) is 16.0. The predicted molar refractivity (Wildman–Crippen MR) is 93.9 cm³/mol. The number of aromatic amines is 1. The molecule has 1 amide bonds. The van der Waals surface area contributed by atoms with Gasteiger partial charge in [0.15, 0.2) is 0 Å². The van der Waals surface area contributed by atoms with Gasteiger partial charge in [-0.05, 0) is 43.9 Å². The number of hydrogen-bond acceptors (Lipinski definition) is 5. The van der Waals surface area contributed by atoms with E-state index < -0.39 is 11.7 Å². The Balaban J connectivity index is 2.09. The van der Waals surface area contributed by atoms with Crippen molar-refractivity contribution in [3.63, 3.8) is 0 Å². The monoisotopic (exact) mass is 346 g/mol. The second-order valence-electron chi connectivity index (χ2n) is 5.88. The van der Waals surface area contributed by atoms with E-state index in [2.05, 4.69) is 15.5 Å². The van der Waals surface area contributed by atoms with Crippen molar-refractivity contribution in [1.29, 1.82) is 0 Å². The fourth-order valence-electron chi connectivity index (χ4n) is 2.54. The first kappa shape index (κ1) is 18.4. The number of amides is 1. The van der Waals surface area contributed by atoms with Gasteiger partial charge in [0.2, 0.25) is 11.8 Å². The number of imidazole rings is 1. The molecule has 0 saturated carbocycles. The van der Waals surface area contributed by atoms with Crippen LogP contribution in [0.4, 0.5) is 0 Å². The van der Waals surface area contributed by atoms with E-state index in [1.54, 1.807) is 31.2 Å². The van der Waals surface area contributed by atoms with Gasteiger partial charge in [0.25, 0.3) is 0 Å². The molecule has 0 aliphatic rings. The first-order valence-corrected chi connectivity index (χ1v) is 8.14. The molecule has 1 atom stereocenters. The molecule has 3 N–H and O–H groups in total. The number of rotatable bonds is 8. The summed E-state index contributed by atoms with van der Waals surface area (Å²) in [7, 11) is 0. The summed E-state index contributed by atoms with van der Waals surface area (Å²) in [5.41, 5.74) is 1.27. The van der Waals surface area contributed by atoms with E-state index in [1.807, 2.05) is 0 Å². The van der Waals surface area contributed by atoms with Crippen molar-refractivity contribution in [2.24, 2.45) is 5.18 Å². The SMILES string of the molecule is CC(=O)NCCCCc1[nH]c(=O)n(-c2ccc(C(C)N=O)cc2)c1O. The normalized spacial score (nSPS) is 11.9. The Kier molecular flexibility index (Phi) is 6.10. The lowest BCUT2D eigenvalue weighted by Crippen LogP contribution is -2.20. The molecule has 25 heavy (non-hydrogen) atoms. The number of H-pyrrole nitrogens is 1. The molecule has 0 aliphatic heterocycles. The maximum absolute atomic E-state index is 12.1. The first-order valence-electron chi connectivity index (χ1n) is 8.14. The Hall–Kier alpha value is -2.90. The van der Waals surface area contributed by atoms with Crippen molar-refractivity contribution in [3.05, 3.63) is 50.9 Å². The van der Waals surface area contributed by atoms with Crippen LogP contribution in [0, 0.1) is 4.91 Å². The number of nitrogens with one attached hydrogen (secondary N) is 2. The smallest absolute Gasteiger partial charge is 0.333 e. The summed E-state index contributed by atoms with van der Waals surface area (Å²) in [6, 6.07) is 6.25. The zero-order chi connectivity index (χ0) is 18.4. The summed E-state index contributed by atoms with van der Waals surface area (Å²) in [6.45, 7) is 3.70. The predicted octanol–water partition coefficient (Wildman–Crippen LogP) is 2.16. The Morgan fingerprint density at radius 2 is 2.00 bits per heavy atom.